The lowest BCUT2D eigenvalue weighted by Crippen LogP contribution is -2.33. The summed E-state index contributed by atoms with van der Waals surface area (Å²) in [6.45, 7) is 2.43. The zero-order valence-corrected chi connectivity index (χ0v) is 10.7. The Kier molecular flexibility index (Phi) is 4.30. The van der Waals surface area contributed by atoms with Crippen molar-refractivity contribution >= 4 is 5.91 Å². The highest BCUT2D eigenvalue weighted by atomic mass is 16.7. The summed E-state index contributed by atoms with van der Waals surface area (Å²) in [5.74, 6) is -0.160. The highest BCUT2D eigenvalue weighted by Gasteiger charge is 2.17. The van der Waals surface area contributed by atoms with Crippen LogP contribution in [0.5, 0.6) is 0 Å². The van der Waals surface area contributed by atoms with Crippen LogP contribution in [0.1, 0.15) is 22.0 Å². The second-order valence-corrected chi connectivity index (χ2v) is 4.17. The monoisotopic (exact) mass is 250 g/mol. The third-order valence-electron chi connectivity index (χ3n) is 3.02. The van der Waals surface area contributed by atoms with Gasteiger partial charge in [0.2, 0.25) is 0 Å². The van der Waals surface area contributed by atoms with Crippen LogP contribution >= 0.6 is 0 Å². The second kappa shape index (κ2) is 5.95. The number of hydrogen-bond acceptors (Lipinski definition) is 4. The number of carbonyl (C=O) groups is 1. The number of hydroxylamine groups is 2. The number of amides is 1. The molecule has 1 unspecified atom stereocenters. The summed E-state index contributed by atoms with van der Waals surface area (Å²) in [6, 6.07) is 7.44. The smallest absolute Gasteiger partial charge is 0.277 e. The first-order chi connectivity index (χ1) is 8.72. The SMILES string of the molecule is CON(C)C(=O)c1ccc(C2CNCCO2)cc1. The van der Waals surface area contributed by atoms with Crippen molar-refractivity contribution in [2.24, 2.45) is 0 Å². The van der Waals surface area contributed by atoms with Crippen LogP contribution in [-0.2, 0) is 9.57 Å². The highest BCUT2D eigenvalue weighted by Crippen LogP contribution is 2.19. The molecule has 2 rings (SSSR count). The Hall–Kier alpha value is -1.43. The number of benzene rings is 1. The van der Waals surface area contributed by atoms with E-state index in [0.29, 0.717) is 5.56 Å². The molecule has 1 aliphatic heterocycles. The number of hydrogen-bond donors (Lipinski definition) is 1. The second-order valence-electron chi connectivity index (χ2n) is 4.17. The number of nitrogens with zero attached hydrogens (tertiary/aromatic N) is 1. The lowest BCUT2D eigenvalue weighted by atomic mass is 10.1. The number of carbonyl (C=O) groups excluding carboxylic acids is 1. The molecule has 1 saturated heterocycles. The van der Waals surface area contributed by atoms with E-state index in [1.807, 2.05) is 12.1 Å². The first kappa shape index (κ1) is 13.0. The third-order valence-corrected chi connectivity index (χ3v) is 3.02. The Morgan fingerprint density at radius 2 is 2.17 bits per heavy atom. The van der Waals surface area contributed by atoms with Crippen LogP contribution in [0.15, 0.2) is 24.3 Å². The van der Waals surface area contributed by atoms with E-state index in [4.69, 9.17) is 9.57 Å². The van der Waals surface area contributed by atoms with Gasteiger partial charge in [0, 0.05) is 25.7 Å². The molecule has 0 bridgehead atoms. The van der Waals surface area contributed by atoms with Gasteiger partial charge in [0.1, 0.15) is 0 Å². The van der Waals surface area contributed by atoms with Gasteiger partial charge in [0.05, 0.1) is 19.8 Å². The Morgan fingerprint density at radius 1 is 1.44 bits per heavy atom. The predicted molar refractivity (Wildman–Crippen MR) is 67.1 cm³/mol. The molecule has 0 radical (unpaired) electrons. The maximum Gasteiger partial charge on any atom is 0.277 e. The molecular formula is C13H18N2O3. The van der Waals surface area contributed by atoms with E-state index >= 15 is 0 Å². The van der Waals surface area contributed by atoms with E-state index in [1.165, 1.54) is 12.2 Å². The summed E-state index contributed by atoms with van der Waals surface area (Å²) in [4.78, 5) is 16.7. The molecule has 98 valence electrons. The molecule has 5 nitrogen and oxygen atoms in total. The molecule has 0 saturated carbocycles. The molecule has 18 heavy (non-hydrogen) atoms. The van der Waals surface area contributed by atoms with Gasteiger partial charge in [-0.1, -0.05) is 12.1 Å². The lowest BCUT2D eigenvalue weighted by molar-refractivity contribution is -0.0757. The summed E-state index contributed by atoms with van der Waals surface area (Å²) >= 11 is 0. The third kappa shape index (κ3) is 2.87. The van der Waals surface area contributed by atoms with Crippen LogP contribution in [0.4, 0.5) is 0 Å². The van der Waals surface area contributed by atoms with Crippen LogP contribution in [0.2, 0.25) is 0 Å². The van der Waals surface area contributed by atoms with Gasteiger partial charge < -0.3 is 10.1 Å². The normalized spacial score (nSPS) is 19.6. The minimum atomic E-state index is -0.160. The minimum Gasteiger partial charge on any atom is -0.371 e. The first-order valence-corrected chi connectivity index (χ1v) is 5.97. The van der Waals surface area contributed by atoms with Crippen LogP contribution in [0, 0.1) is 0 Å². The number of rotatable bonds is 3. The van der Waals surface area contributed by atoms with Crippen molar-refractivity contribution in [1.29, 1.82) is 0 Å². The quantitative estimate of drug-likeness (QED) is 0.813. The topological polar surface area (TPSA) is 50.8 Å². The van der Waals surface area contributed by atoms with Gasteiger partial charge in [-0.15, -0.1) is 0 Å². The Labute approximate surface area is 107 Å². The fourth-order valence-electron chi connectivity index (χ4n) is 1.88. The van der Waals surface area contributed by atoms with Crippen molar-refractivity contribution in [1.82, 2.24) is 10.4 Å². The Bertz CT molecular complexity index is 399. The molecule has 0 aliphatic carbocycles. The molecule has 0 aromatic heterocycles. The van der Waals surface area contributed by atoms with E-state index < -0.39 is 0 Å². The maximum absolute atomic E-state index is 11.8. The number of ether oxygens (including phenoxy) is 1. The minimum absolute atomic E-state index is 0.0723. The van der Waals surface area contributed by atoms with E-state index in [0.717, 1.165) is 25.3 Å². The van der Waals surface area contributed by atoms with Crippen LogP contribution < -0.4 is 5.32 Å². The molecule has 1 atom stereocenters. The molecule has 5 heteroatoms. The van der Waals surface area contributed by atoms with Crippen molar-refractivity contribution in [2.75, 3.05) is 33.9 Å². The molecule has 1 aromatic carbocycles. The van der Waals surface area contributed by atoms with Crippen molar-refractivity contribution in [3.8, 4) is 0 Å². The molecule has 1 aromatic rings. The fourth-order valence-corrected chi connectivity index (χ4v) is 1.88. The van der Waals surface area contributed by atoms with Crippen molar-refractivity contribution < 1.29 is 14.4 Å². The summed E-state index contributed by atoms with van der Waals surface area (Å²) in [5, 5.41) is 4.48. The van der Waals surface area contributed by atoms with Crippen molar-refractivity contribution in [3.63, 3.8) is 0 Å². The Balaban J connectivity index is 2.07. The fraction of sp³-hybridized carbons (Fsp3) is 0.462. The first-order valence-electron chi connectivity index (χ1n) is 5.97. The molecule has 1 heterocycles. The van der Waals surface area contributed by atoms with Crippen LogP contribution in [0.25, 0.3) is 0 Å². The van der Waals surface area contributed by atoms with Crippen molar-refractivity contribution in [2.45, 2.75) is 6.10 Å². The predicted octanol–water partition coefficient (Wildman–Crippen LogP) is 0.981. The zero-order valence-electron chi connectivity index (χ0n) is 10.7. The number of morpholine rings is 1. The largest absolute Gasteiger partial charge is 0.371 e. The van der Waals surface area contributed by atoms with Gasteiger partial charge in [-0.3, -0.25) is 9.63 Å². The molecular weight excluding hydrogens is 232 g/mol. The van der Waals surface area contributed by atoms with Gasteiger partial charge in [-0.2, -0.15) is 0 Å². The van der Waals surface area contributed by atoms with Crippen molar-refractivity contribution in [3.05, 3.63) is 35.4 Å². The van der Waals surface area contributed by atoms with E-state index in [1.54, 1.807) is 19.2 Å². The standard InChI is InChI=1S/C13H18N2O3/c1-15(17-2)13(16)11-5-3-10(4-6-11)12-9-14-7-8-18-12/h3-6,12,14H,7-9H2,1-2H3. The zero-order chi connectivity index (χ0) is 13.0. The highest BCUT2D eigenvalue weighted by molar-refractivity contribution is 5.93. The van der Waals surface area contributed by atoms with E-state index in [2.05, 4.69) is 5.32 Å². The maximum atomic E-state index is 11.8. The van der Waals surface area contributed by atoms with Crippen LogP contribution in [-0.4, -0.2) is 44.8 Å². The molecule has 1 N–H and O–H groups in total. The molecule has 0 spiro atoms. The summed E-state index contributed by atoms with van der Waals surface area (Å²) in [6.07, 6.45) is 0.0723. The summed E-state index contributed by atoms with van der Waals surface area (Å²) < 4.78 is 5.65. The average molecular weight is 250 g/mol. The van der Waals surface area contributed by atoms with Crippen LogP contribution in [0.3, 0.4) is 0 Å². The Morgan fingerprint density at radius 3 is 2.72 bits per heavy atom. The summed E-state index contributed by atoms with van der Waals surface area (Å²) in [5.41, 5.74) is 1.69. The molecule has 1 fully saturated rings. The molecule has 1 aliphatic rings. The molecule has 1 amide bonds. The number of nitrogens with one attached hydrogen (secondary N) is 1. The van der Waals surface area contributed by atoms with Gasteiger partial charge in [0.25, 0.3) is 5.91 Å². The van der Waals surface area contributed by atoms with Gasteiger partial charge in [-0.25, -0.2) is 5.06 Å². The lowest BCUT2D eigenvalue weighted by Gasteiger charge is -2.24. The summed E-state index contributed by atoms with van der Waals surface area (Å²) in [7, 11) is 3.05. The van der Waals surface area contributed by atoms with Gasteiger partial charge >= 0.3 is 0 Å². The van der Waals surface area contributed by atoms with Gasteiger partial charge in [0.15, 0.2) is 0 Å². The van der Waals surface area contributed by atoms with E-state index in [-0.39, 0.29) is 12.0 Å². The van der Waals surface area contributed by atoms with Gasteiger partial charge in [-0.05, 0) is 17.7 Å². The average Bonchev–Trinajstić information content (AvgIpc) is 2.47. The van der Waals surface area contributed by atoms with E-state index in [9.17, 15) is 4.79 Å².